The van der Waals surface area contributed by atoms with Gasteiger partial charge in [-0.1, -0.05) is 24.9 Å². The number of rotatable bonds is 7. The molecule has 0 bridgehead atoms. The Bertz CT molecular complexity index is 511. The molecule has 1 aromatic rings. The molecule has 1 saturated heterocycles. The van der Waals surface area contributed by atoms with E-state index in [9.17, 15) is 4.79 Å². The summed E-state index contributed by atoms with van der Waals surface area (Å²) in [5, 5.41) is 8.05. The molecule has 1 atom stereocenters. The van der Waals surface area contributed by atoms with Crippen LogP contribution in [0.4, 0.5) is 5.69 Å². The molecule has 1 aliphatic heterocycles. The number of nitrogens with zero attached hydrogens (tertiary/aromatic N) is 3. The van der Waals surface area contributed by atoms with Crippen molar-refractivity contribution in [3.8, 4) is 0 Å². The molecule has 2 rings (SSSR count). The fraction of sp³-hybridized carbons (Fsp3) is 0.733. The van der Waals surface area contributed by atoms with Crippen LogP contribution in [-0.4, -0.2) is 35.5 Å². The molecule has 1 unspecified atom stereocenters. The van der Waals surface area contributed by atoms with Crippen molar-refractivity contribution in [2.45, 2.75) is 52.1 Å². The summed E-state index contributed by atoms with van der Waals surface area (Å²) in [6.07, 6.45) is 6.09. The van der Waals surface area contributed by atoms with Gasteiger partial charge in [-0.3, -0.25) is 4.79 Å². The normalized spacial score (nSPS) is 18.1. The van der Waals surface area contributed by atoms with Gasteiger partial charge in [-0.15, -0.1) is 0 Å². The summed E-state index contributed by atoms with van der Waals surface area (Å²) >= 11 is 6.30. The minimum atomic E-state index is -0.180. The van der Waals surface area contributed by atoms with E-state index >= 15 is 0 Å². The number of hydrogen-bond acceptors (Lipinski definition) is 4. The Hall–Kier alpha value is -1.07. The minimum absolute atomic E-state index is 0.180. The number of nitrogens with one attached hydrogen (secondary N) is 1. The van der Waals surface area contributed by atoms with E-state index in [0.29, 0.717) is 17.6 Å². The SMILES string of the molecule is CCCCn1ncc(N(CC)CC2CCCN2)c(Cl)c1=O. The molecular formula is C15H25ClN4O. The first-order valence-corrected chi connectivity index (χ1v) is 8.29. The summed E-state index contributed by atoms with van der Waals surface area (Å²) in [5.41, 5.74) is 0.575. The topological polar surface area (TPSA) is 50.2 Å². The Labute approximate surface area is 131 Å². The van der Waals surface area contributed by atoms with Crippen molar-refractivity contribution in [2.24, 2.45) is 0 Å². The van der Waals surface area contributed by atoms with Crippen LogP contribution in [-0.2, 0) is 6.54 Å². The predicted octanol–water partition coefficient (Wildman–Crippen LogP) is 2.28. The number of hydrogen-bond donors (Lipinski definition) is 1. The van der Waals surface area contributed by atoms with E-state index in [1.165, 1.54) is 17.5 Å². The molecule has 0 aromatic carbocycles. The summed E-state index contributed by atoms with van der Waals surface area (Å²) in [6, 6.07) is 0.475. The molecule has 5 nitrogen and oxygen atoms in total. The van der Waals surface area contributed by atoms with Crippen LogP contribution < -0.4 is 15.8 Å². The first-order valence-electron chi connectivity index (χ1n) is 7.91. The number of halogens is 1. The van der Waals surface area contributed by atoms with E-state index in [-0.39, 0.29) is 5.56 Å². The van der Waals surface area contributed by atoms with Gasteiger partial charge >= 0.3 is 0 Å². The van der Waals surface area contributed by atoms with Crippen molar-refractivity contribution in [2.75, 3.05) is 24.5 Å². The second-order valence-corrected chi connectivity index (χ2v) is 5.94. The van der Waals surface area contributed by atoms with Gasteiger partial charge in [-0.2, -0.15) is 5.10 Å². The second-order valence-electron chi connectivity index (χ2n) is 5.56. The van der Waals surface area contributed by atoms with Gasteiger partial charge in [0, 0.05) is 25.7 Å². The lowest BCUT2D eigenvalue weighted by Gasteiger charge is -2.27. The molecular weight excluding hydrogens is 288 g/mol. The molecule has 0 saturated carbocycles. The molecule has 0 radical (unpaired) electrons. The highest BCUT2D eigenvalue weighted by atomic mass is 35.5. The molecule has 6 heteroatoms. The van der Waals surface area contributed by atoms with Gasteiger partial charge in [-0.25, -0.2) is 4.68 Å². The zero-order valence-electron chi connectivity index (χ0n) is 12.9. The van der Waals surface area contributed by atoms with E-state index in [2.05, 4.69) is 29.2 Å². The van der Waals surface area contributed by atoms with Crippen LogP contribution in [0.1, 0.15) is 39.5 Å². The zero-order chi connectivity index (χ0) is 15.2. The highest BCUT2D eigenvalue weighted by Crippen LogP contribution is 2.22. The summed E-state index contributed by atoms with van der Waals surface area (Å²) in [6.45, 7) is 7.56. The lowest BCUT2D eigenvalue weighted by Crippen LogP contribution is -2.38. The lowest BCUT2D eigenvalue weighted by molar-refractivity contribution is 0.539. The molecule has 1 aromatic heterocycles. The maximum absolute atomic E-state index is 12.3. The number of aryl methyl sites for hydroxylation is 1. The molecule has 1 fully saturated rings. The Kier molecular flexibility index (Phi) is 6.06. The molecule has 21 heavy (non-hydrogen) atoms. The quantitative estimate of drug-likeness (QED) is 0.839. The van der Waals surface area contributed by atoms with Crippen LogP contribution in [0.25, 0.3) is 0 Å². The van der Waals surface area contributed by atoms with Crippen molar-refractivity contribution in [3.05, 3.63) is 21.6 Å². The Morgan fingerprint density at radius 3 is 2.95 bits per heavy atom. The van der Waals surface area contributed by atoms with Gasteiger partial charge in [0.2, 0.25) is 0 Å². The second kappa shape index (κ2) is 7.80. The maximum Gasteiger partial charge on any atom is 0.287 e. The van der Waals surface area contributed by atoms with Crippen LogP contribution in [0.3, 0.4) is 0 Å². The number of unbranched alkanes of at least 4 members (excludes halogenated alkanes) is 1. The summed E-state index contributed by atoms with van der Waals surface area (Å²) < 4.78 is 1.47. The van der Waals surface area contributed by atoms with Gasteiger partial charge < -0.3 is 10.2 Å². The van der Waals surface area contributed by atoms with Gasteiger partial charge in [-0.05, 0) is 32.7 Å². The fourth-order valence-corrected chi connectivity index (χ4v) is 2.99. The van der Waals surface area contributed by atoms with Crippen molar-refractivity contribution < 1.29 is 0 Å². The molecule has 118 valence electrons. The molecule has 1 aliphatic rings. The lowest BCUT2D eigenvalue weighted by atomic mass is 10.2. The van der Waals surface area contributed by atoms with Crippen molar-refractivity contribution in [1.29, 1.82) is 0 Å². The van der Waals surface area contributed by atoms with E-state index in [0.717, 1.165) is 38.2 Å². The fourth-order valence-electron chi connectivity index (χ4n) is 2.72. The number of likely N-dealkylation sites (N-methyl/N-ethyl adjacent to an activating group) is 1. The van der Waals surface area contributed by atoms with Crippen molar-refractivity contribution in [3.63, 3.8) is 0 Å². The van der Waals surface area contributed by atoms with Crippen LogP contribution in [0, 0.1) is 0 Å². The predicted molar refractivity (Wildman–Crippen MR) is 87.3 cm³/mol. The largest absolute Gasteiger partial charge is 0.368 e. The van der Waals surface area contributed by atoms with Crippen molar-refractivity contribution in [1.82, 2.24) is 15.1 Å². The summed E-state index contributed by atoms with van der Waals surface area (Å²) in [5.74, 6) is 0. The monoisotopic (exact) mass is 312 g/mol. The van der Waals surface area contributed by atoms with Gasteiger partial charge in [0.15, 0.2) is 0 Å². The summed E-state index contributed by atoms with van der Waals surface area (Å²) in [7, 11) is 0. The number of anilines is 1. The van der Waals surface area contributed by atoms with E-state index in [4.69, 9.17) is 11.6 Å². The van der Waals surface area contributed by atoms with E-state index in [1.54, 1.807) is 6.20 Å². The van der Waals surface area contributed by atoms with Gasteiger partial charge in [0.25, 0.3) is 5.56 Å². The average Bonchev–Trinajstić information content (AvgIpc) is 3.00. The highest BCUT2D eigenvalue weighted by molar-refractivity contribution is 6.33. The van der Waals surface area contributed by atoms with Crippen molar-refractivity contribution >= 4 is 17.3 Å². The third-order valence-electron chi connectivity index (χ3n) is 4.02. The smallest absolute Gasteiger partial charge is 0.287 e. The molecule has 1 N–H and O–H groups in total. The molecule has 0 spiro atoms. The minimum Gasteiger partial charge on any atom is -0.368 e. The van der Waals surface area contributed by atoms with Crippen LogP contribution >= 0.6 is 11.6 Å². The highest BCUT2D eigenvalue weighted by Gasteiger charge is 2.20. The third kappa shape index (κ3) is 3.98. The maximum atomic E-state index is 12.3. The Balaban J connectivity index is 2.17. The third-order valence-corrected chi connectivity index (χ3v) is 4.37. The molecule has 0 amide bonds. The van der Waals surface area contributed by atoms with E-state index < -0.39 is 0 Å². The number of aromatic nitrogens is 2. The standard InChI is InChI=1S/C15H25ClN4O/c1-3-5-9-20-15(21)14(16)13(10-18-20)19(4-2)11-12-7-6-8-17-12/h10,12,17H,3-9,11H2,1-2H3. The first kappa shape index (κ1) is 16.3. The van der Waals surface area contributed by atoms with Crippen LogP contribution in [0.15, 0.2) is 11.0 Å². The zero-order valence-corrected chi connectivity index (χ0v) is 13.7. The van der Waals surface area contributed by atoms with Gasteiger partial charge in [0.05, 0.1) is 11.9 Å². The molecule has 0 aliphatic carbocycles. The van der Waals surface area contributed by atoms with Crippen LogP contribution in [0.5, 0.6) is 0 Å². The summed E-state index contributed by atoms with van der Waals surface area (Å²) in [4.78, 5) is 14.4. The Morgan fingerprint density at radius 1 is 1.52 bits per heavy atom. The molecule has 2 heterocycles. The van der Waals surface area contributed by atoms with Gasteiger partial charge in [0.1, 0.15) is 5.02 Å². The first-order chi connectivity index (χ1) is 10.2. The van der Waals surface area contributed by atoms with E-state index in [1.807, 2.05) is 0 Å². The van der Waals surface area contributed by atoms with Crippen LogP contribution in [0.2, 0.25) is 5.02 Å². The Morgan fingerprint density at radius 2 is 2.33 bits per heavy atom. The average molecular weight is 313 g/mol.